The maximum absolute atomic E-state index is 13.1. The molecule has 1 aromatic heterocycles. The lowest BCUT2D eigenvalue weighted by atomic mass is 10.1. The number of aromatic nitrogens is 1. The van der Waals surface area contributed by atoms with E-state index in [0.717, 1.165) is 30.7 Å². The third-order valence-electron chi connectivity index (χ3n) is 5.35. The van der Waals surface area contributed by atoms with Crippen molar-refractivity contribution in [3.05, 3.63) is 59.4 Å². The first-order chi connectivity index (χ1) is 14.6. The van der Waals surface area contributed by atoms with Gasteiger partial charge in [-0.1, -0.05) is 13.8 Å². The van der Waals surface area contributed by atoms with Crippen LogP contribution >= 0.6 is 0 Å². The predicted octanol–water partition coefficient (Wildman–Crippen LogP) is 4.33. The number of hydrogen-bond acceptors (Lipinski definition) is 2. The summed E-state index contributed by atoms with van der Waals surface area (Å²) in [6, 6.07) is 8.19. The van der Waals surface area contributed by atoms with Gasteiger partial charge in [-0.25, -0.2) is 0 Å². The van der Waals surface area contributed by atoms with Gasteiger partial charge in [-0.2, -0.15) is 13.2 Å². The number of benzene rings is 1. The summed E-state index contributed by atoms with van der Waals surface area (Å²) in [4.78, 5) is 29.4. The Morgan fingerprint density at radius 1 is 1.13 bits per heavy atom. The number of carbonyl (C=O) groups is 2. The maximum atomic E-state index is 13.1. The summed E-state index contributed by atoms with van der Waals surface area (Å²) in [6.07, 6.45) is -0.665. The molecule has 0 N–H and O–H groups in total. The largest absolute Gasteiger partial charge is 0.416 e. The van der Waals surface area contributed by atoms with Crippen molar-refractivity contribution in [1.82, 2.24) is 14.4 Å². The van der Waals surface area contributed by atoms with Gasteiger partial charge in [0, 0.05) is 37.1 Å². The van der Waals surface area contributed by atoms with Gasteiger partial charge in [-0.3, -0.25) is 9.59 Å². The second-order valence-corrected chi connectivity index (χ2v) is 8.52. The van der Waals surface area contributed by atoms with E-state index in [1.807, 2.05) is 48.7 Å². The van der Waals surface area contributed by atoms with Crippen LogP contribution in [0.25, 0.3) is 0 Å². The van der Waals surface area contributed by atoms with Crippen LogP contribution in [0.1, 0.15) is 48.3 Å². The lowest BCUT2D eigenvalue weighted by Crippen LogP contribution is -2.45. The van der Waals surface area contributed by atoms with Crippen molar-refractivity contribution in [2.24, 2.45) is 13.0 Å². The zero-order chi connectivity index (χ0) is 22.8. The number of nitrogens with zero attached hydrogens (tertiary/aromatic N) is 3. The fraction of sp³-hybridized carbons (Fsp3) is 0.478. The smallest absolute Gasteiger partial charge is 0.353 e. The highest BCUT2D eigenvalue weighted by Crippen LogP contribution is 2.30. The zero-order valence-electron chi connectivity index (χ0n) is 18.0. The van der Waals surface area contributed by atoms with E-state index in [4.69, 9.17) is 0 Å². The van der Waals surface area contributed by atoms with Crippen LogP contribution in [0.3, 0.4) is 0 Å². The Morgan fingerprint density at radius 2 is 1.77 bits per heavy atom. The number of carbonyl (C=O) groups excluding carboxylic acids is 2. The van der Waals surface area contributed by atoms with Gasteiger partial charge in [0.2, 0.25) is 5.91 Å². The molecule has 2 amide bonds. The molecule has 1 aromatic carbocycles. The van der Waals surface area contributed by atoms with Gasteiger partial charge in [-0.05, 0) is 55.2 Å². The molecule has 1 heterocycles. The summed E-state index contributed by atoms with van der Waals surface area (Å²) in [5, 5.41) is 0. The second kappa shape index (κ2) is 9.16. The normalized spacial score (nSPS) is 14.0. The minimum Gasteiger partial charge on any atom is -0.353 e. The van der Waals surface area contributed by atoms with Gasteiger partial charge in [0.05, 0.1) is 12.1 Å². The topological polar surface area (TPSA) is 45.6 Å². The molecule has 1 saturated carbocycles. The van der Waals surface area contributed by atoms with Crippen LogP contribution in [0.4, 0.5) is 13.2 Å². The molecule has 8 heteroatoms. The van der Waals surface area contributed by atoms with Crippen LogP contribution in [-0.4, -0.2) is 45.3 Å². The minimum atomic E-state index is -4.46. The van der Waals surface area contributed by atoms with Crippen LogP contribution in [0.5, 0.6) is 0 Å². The number of halogens is 3. The van der Waals surface area contributed by atoms with Crippen LogP contribution in [-0.2, 0) is 24.6 Å². The van der Waals surface area contributed by atoms with Crippen molar-refractivity contribution in [3.63, 3.8) is 0 Å². The van der Waals surface area contributed by atoms with Crippen LogP contribution in [0.15, 0.2) is 42.6 Å². The molecule has 0 aliphatic heterocycles. The molecule has 1 aliphatic carbocycles. The first-order valence-electron chi connectivity index (χ1n) is 10.4. The zero-order valence-corrected chi connectivity index (χ0v) is 18.0. The highest BCUT2D eigenvalue weighted by atomic mass is 19.4. The molecule has 1 aliphatic rings. The molecule has 1 fully saturated rings. The van der Waals surface area contributed by atoms with E-state index in [2.05, 4.69) is 0 Å². The van der Waals surface area contributed by atoms with E-state index in [9.17, 15) is 22.8 Å². The minimum absolute atomic E-state index is 0.0983. The molecule has 0 saturated heterocycles. The van der Waals surface area contributed by atoms with Crippen molar-refractivity contribution < 1.29 is 22.8 Å². The molecule has 0 unspecified atom stereocenters. The molecule has 0 spiro atoms. The fourth-order valence-electron chi connectivity index (χ4n) is 3.54. The first-order valence-corrected chi connectivity index (χ1v) is 10.4. The fourth-order valence-corrected chi connectivity index (χ4v) is 3.54. The van der Waals surface area contributed by atoms with Crippen LogP contribution in [0.2, 0.25) is 0 Å². The average Bonchev–Trinajstić information content (AvgIpc) is 3.46. The van der Waals surface area contributed by atoms with Gasteiger partial charge in [-0.15, -0.1) is 0 Å². The third-order valence-corrected chi connectivity index (χ3v) is 5.35. The molecule has 168 valence electrons. The number of aryl methyl sites for hydroxylation is 1. The third kappa shape index (κ3) is 5.89. The Hall–Kier alpha value is -2.77. The summed E-state index contributed by atoms with van der Waals surface area (Å²) in [5.41, 5.74) is 0.338. The number of amides is 2. The van der Waals surface area contributed by atoms with Crippen molar-refractivity contribution >= 4 is 11.8 Å². The molecule has 0 atom stereocenters. The van der Waals surface area contributed by atoms with Crippen molar-refractivity contribution in [2.45, 2.75) is 45.5 Å². The molecule has 0 radical (unpaired) electrons. The number of hydrogen-bond donors (Lipinski definition) is 0. The van der Waals surface area contributed by atoms with E-state index in [1.54, 1.807) is 0 Å². The van der Waals surface area contributed by atoms with E-state index < -0.39 is 17.6 Å². The molecule has 0 bridgehead atoms. The van der Waals surface area contributed by atoms with E-state index in [1.165, 1.54) is 17.0 Å². The Morgan fingerprint density at radius 3 is 2.26 bits per heavy atom. The highest BCUT2D eigenvalue weighted by Gasteiger charge is 2.35. The monoisotopic (exact) mass is 435 g/mol. The lowest BCUT2D eigenvalue weighted by molar-refractivity contribution is -0.137. The number of rotatable bonds is 8. The summed E-state index contributed by atoms with van der Waals surface area (Å²) in [7, 11) is 1.92. The van der Waals surface area contributed by atoms with Gasteiger partial charge < -0.3 is 14.4 Å². The quantitative estimate of drug-likeness (QED) is 0.620. The molecule has 3 rings (SSSR count). The van der Waals surface area contributed by atoms with Crippen LogP contribution in [0, 0.1) is 5.92 Å². The van der Waals surface area contributed by atoms with Gasteiger partial charge in [0.25, 0.3) is 5.91 Å². The summed E-state index contributed by atoms with van der Waals surface area (Å²) in [6.45, 7) is 4.57. The predicted molar refractivity (Wildman–Crippen MR) is 111 cm³/mol. The lowest BCUT2D eigenvalue weighted by Gasteiger charge is -2.29. The molecular weight excluding hydrogens is 407 g/mol. The molecule has 5 nitrogen and oxygen atoms in total. The average molecular weight is 435 g/mol. The van der Waals surface area contributed by atoms with E-state index in [0.29, 0.717) is 13.1 Å². The Bertz CT molecular complexity index is 915. The molecular formula is C23H28F3N3O2. The second-order valence-electron chi connectivity index (χ2n) is 8.52. The van der Waals surface area contributed by atoms with E-state index in [-0.39, 0.29) is 30.0 Å². The van der Waals surface area contributed by atoms with Crippen LogP contribution < -0.4 is 0 Å². The maximum Gasteiger partial charge on any atom is 0.416 e. The van der Waals surface area contributed by atoms with Gasteiger partial charge in [0.15, 0.2) is 0 Å². The van der Waals surface area contributed by atoms with Crippen molar-refractivity contribution in [3.8, 4) is 0 Å². The molecule has 31 heavy (non-hydrogen) atoms. The SMILES string of the molecule is CC(C)CN(CC(=O)N(Cc1cccn1C)C1CC1)C(=O)c1ccc(C(F)(F)F)cc1. The van der Waals surface area contributed by atoms with Gasteiger partial charge in [0.1, 0.15) is 6.54 Å². The summed E-state index contributed by atoms with van der Waals surface area (Å²) >= 11 is 0. The summed E-state index contributed by atoms with van der Waals surface area (Å²) < 4.78 is 40.5. The van der Waals surface area contributed by atoms with E-state index >= 15 is 0 Å². The van der Waals surface area contributed by atoms with Crippen molar-refractivity contribution in [2.75, 3.05) is 13.1 Å². The van der Waals surface area contributed by atoms with Crippen molar-refractivity contribution in [1.29, 1.82) is 0 Å². The highest BCUT2D eigenvalue weighted by molar-refractivity contribution is 5.96. The Balaban J connectivity index is 1.75. The Kier molecular flexibility index (Phi) is 6.77. The first kappa shape index (κ1) is 22.9. The molecule has 2 aromatic rings. The standard InChI is InChI=1S/C23H28F3N3O2/c1-16(2)13-28(22(31)17-6-8-18(9-7-17)23(24,25)26)15-21(30)29(19-10-11-19)14-20-5-4-12-27(20)3/h4-9,12,16,19H,10-11,13-15H2,1-3H3. The Labute approximate surface area is 180 Å². The number of alkyl halides is 3. The summed E-state index contributed by atoms with van der Waals surface area (Å²) in [5.74, 6) is -0.483. The van der Waals surface area contributed by atoms with Gasteiger partial charge >= 0.3 is 6.18 Å².